The van der Waals surface area contributed by atoms with Crippen LogP contribution in [0.5, 0.6) is 0 Å². The predicted octanol–water partition coefficient (Wildman–Crippen LogP) is -2.83. The van der Waals surface area contributed by atoms with Crippen molar-refractivity contribution in [2.24, 2.45) is 0 Å². The van der Waals surface area contributed by atoms with Gasteiger partial charge in [0.05, 0.1) is 12.9 Å². The molecule has 157 valence electrons. The van der Waals surface area contributed by atoms with Crippen molar-refractivity contribution in [1.82, 2.24) is 19.5 Å². The van der Waals surface area contributed by atoms with Crippen molar-refractivity contribution in [3.63, 3.8) is 0 Å². The minimum absolute atomic E-state index is 0. The van der Waals surface area contributed by atoms with E-state index < -0.39 is 52.4 Å². The molecule has 0 amide bonds. The van der Waals surface area contributed by atoms with Crippen LogP contribution >= 0.6 is 15.6 Å². The SMILES string of the molecule is Nc1nc2c(ncn2[C@@H]2O[C@H](COP(=O)(O)OP(=O)(O)O)[C@@H](O)[C@H]2O)c(=O)[nH]1.[Na]. The summed E-state index contributed by atoms with van der Waals surface area (Å²) in [6.45, 7) is -0.870. The van der Waals surface area contributed by atoms with Crippen molar-refractivity contribution in [3.8, 4) is 0 Å². The molecule has 1 radical (unpaired) electrons. The standard InChI is InChI=1S/C10H15N5O11P2.Na/c11-10-13-7-4(8(18)14-10)12-2-15(7)9-6(17)5(16)3(25-9)1-24-28(22,23)26-27(19,20)21;/h2-3,5-6,9,16-17H,1H2,(H,22,23)(H2,19,20,21)(H3,11,13,14,18);/t3-,5-,6-,9-;/m1./s1. The number of H-pyrrole nitrogens is 1. The van der Waals surface area contributed by atoms with E-state index in [0.29, 0.717) is 0 Å². The van der Waals surface area contributed by atoms with Crippen LogP contribution in [-0.4, -0.2) is 98.9 Å². The molecule has 5 atom stereocenters. The van der Waals surface area contributed by atoms with Gasteiger partial charge in [-0.05, 0) is 0 Å². The van der Waals surface area contributed by atoms with Crippen molar-refractivity contribution >= 4 is 62.3 Å². The third-order valence-electron chi connectivity index (χ3n) is 3.67. The molecule has 3 heterocycles. The van der Waals surface area contributed by atoms with E-state index in [1.165, 1.54) is 0 Å². The van der Waals surface area contributed by atoms with Gasteiger partial charge in [-0.3, -0.25) is 18.9 Å². The van der Waals surface area contributed by atoms with Gasteiger partial charge in [0, 0.05) is 29.6 Å². The summed E-state index contributed by atoms with van der Waals surface area (Å²) < 4.78 is 36.6. The van der Waals surface area contributed by atoms with Crippen molar-refractivity contribution in [2.45, 2.75) is 24.5 Å². The molecule has 2 aromatic heterocycles. The van der Waals surface area contributed by atoms with Gasteiger partial charge in [-0.2, -0.15) is 9.29 Å². The molecule has 1 fully saturated rings. The molecule has 0 aliphatic carbocycles. The van der Waals surface area contributed by atoms with Gasteiger partial charge in [-0.15, -0.1) is 0 Å². The van der Waals surface area contributed by atoms with E-state index in [1.807, 2.05) is 0 Å². The summed E-state index contributed by atoms with van der Waals surface area (Å²) in [5.41, 5.74) is 4.65. The molecule has 0 aromatic carbocycles. The van der Waals surface area contributed by atoms with Gasteiger partial charge in [0.1, 0.15) is 18.3 Å². The zero-order chi connectivity index (χ0) is 20.9. The van der Waals surface area contributed by atoms with Crippen LogP contribution in [0.15, 0.2) is 11.1 Å². The Labute approximate surface area is 182 Å². The van der Waals surface area contributed by atoms with E-state index in [1.54, 1.807) is 0 Å². The molecule has 1 aliphatic rings. The van der Waals surface area contributed by atoms with E-state index in [2.05, 4.69) is 23.8 Å². The average Bonchev–Trinajstić information content (AvgIpc) is 3.06. The van der Waals surface area contributed by atoms with Crippen LogP contribution in [0.25, 0.3) is 11.2 Å². The molecule has 8 N–H and O–H groups in total. The molecule has 29 heavy (non-hydrogen) atoms. The monoisotopic (exact) mass is 466 g/mol. The Morgan fingerprint density at radius 1 is 1.28 bits per heavy atom. The first kappa shape index (κ1) is 24.6. The van der Waals surface area contributed by atoms with Crippen molar-refractivity contribution in [2.75, 3.05) is 12.3 Å². The Kier molecular flexibility index (Phi) is 7.45. The van der Waals surface area contributed by atoms with Crippen LogP contribution in [0.1, 0.15) is 6.23 Å². The molecular weight excluding hydrogens is 451 g/mol. The molecule has 1 aliphatic heterocycles. The number of aromatic amines is 1. The number of fused-ring (bicyclic) bond motifs is 1. The maximum Gasteiger partial charge on any atom is 0.481 e. The van der Waals surface area contributed by atoms with Crippen LogP contribution in [0, 0.1) is 0 Å². The number of nitrogens with two attached hydrogens (primary N) is 1. The van der Waals surface area contributed by atoms with E-state index in [9.17, 15) is 29.0 Å². The Hall–Kier alpha value is -0.710. The number of hydrogen-bond donors (Lipinski definition) is 7. The third-order valence-corrected chi connectivity index (χ3v) is 5.83. The Bertz CT molecular complexity index is 1040. The molecule has 0 spiro atoms. The molecule has 1 saturated heterocycles. The molecule has 0 bridgehead atoms. The maximum absolute atomic E-state index is 11.8. The molecule has 3 rings (SSSR count). The number of anilines is 1. The van der Waals surface area contributed by atoms with Crippen molar-refractivity contribution in [3.05, 3.63) is 16.7 Å². The summed E-state index contributed by atoms with van der Waals surface area (Å²) >= 11 is 0. The summed E-state index contributed by atoms with van der Waals surface area (Å²) in [5.74, 6) is -0.233. The van der Waals surface area contributed by atoms with Crippen LogP contribution in [0.2, 0.25) is 0 Å². The molecule has 0 saturated carbocycles. The normalized spacial score (nSPS) is 26.9. The van der Waals surface area contributed by atoms with Crippen molar-refractivity contribution in [1.29, 1.82) is 0 Å². The van der Waals surface area contributed by atoms with E-state index >= 15 is 0 Å². The average molecular weight is 466 g/mol. The third kappa shape index (κ3) is 5.51. The van der Waals surface area contributed by atoms with E-state index in [-0.39, 0.29) is 46.7 Å². The van der Waals surface area contributed by atoms with Crippen LogP contribution < -0.4 is 11.3 Å². The van der Waals surface area contributed by atoms with Gasteiger partial charge in [-0.25, -0.2) is 14.1 Å². The first-order chi connectivity index (χ1) is 12.9. The number of aliphatic hydroxyl groups excluding tert-OH is 2. The number of aromatic nitrogens is 4. The second kappa shape index (κ2) is 8.80. The number of hydrogen-bond acceptors (Lipinski definition) is 11. The number of imidazole rings is 1. The molecular formula is C10H15N5NaO11P2. The first-order valence-corrected chi connectivity index (χ1v) is 10.4. The number of nitrogen functional groups attached to an aromatic ring is 1. The zero-order valence-corrected chi connectivity index (χ0v) is 18.4. The van der Waals surface area contributed by atoms with Gasteiger partial charge >= 0.3 is 15.6 Å². The number of ether oxygens (including phenoxy) is 1. The van der Waals surface area contributed by atoms with Crippen LogP contribution in [0.4, 0.5) is 5.95 Å². The fourth-order valence-corrected chi connectivity index (χ4v) is 4.15. The van der Waals surface area contributed by atoms with Gasteiger partial charge < -0.3 is 35.4 Å². The molecule has 2 aromatic rings. The zero-order valence-electron chi connectivity index (χ0n) is 14.6. The van der Waals surface area contributed by atoms with Gasteiger partial charge in [-0.1, -0.05) is 0 Å². The number of nitrogens with one attached hydrogen (secondary N) is 1. The Balaban J connectivity index is 0.00000300. The first-order valence-electron chi connectivity index (χ1n) is 7.36. The number of rotatable bonds is 6. The number of nitrogens with zero attached hydrogens (tertiary/aromatic N) is 3. The van der Waals surface area contributed by atoms with Crippen molar-refractivity contribution < 1.29 is 47.6 Å². The predicted molar refractivity (Wildman–Crippen MR) is 93.1 cm³/mol. The minimum Gasteiger partial charge on any atom is -0.387 e. The topological polar surface area (TPSA) is 253 Å². The summed E-state index contributed by atoms with van der Waals surface area (Å²) in [7, 11) is -10.5. The van der Waals surface area contributed by atoms with E-state index in [0.717, 1.165) is 10.9 Å². The second-order valence-electron chi connectivity index (χ2n) is 5.66. The minimum atomic E-state index is -5.32. The Morgan fingerprint density at radius 3 is 2.55 bits per heavy atom. The number of aliphatic hydroxyl groups is 2. The molecule has 19 heteroatoms. The molecule has 1 unspecified atom stereocenters. The molecule has 16 nitrogen and oxygen atoms in total. The van der Waals surface area contributed by atoms with Gasteiger partial charge in [0.2, 0.25) is 5.95 Å². The fourth-order valence-electron chi connectivity index (χ4n) is 2.55. The maximum atomic E-state index is 11.8. The Morgan fingerprint density at radius 2 is 1.93 bits per heavy atom. The smallest absolute Gasteiger partial charge is 0.387 e. The van der Waals surface area contributed by atoms with Crippen LogP contribution in [0.3, 0.4) is 0 Å². The van der Waals surface area contributed by atoms with E-state index in [4.69, 9.17) is 20.3 Å². The quantitative estimate of drug-likeness (QED) is 0.167. The van der Waals surface area contributed by atoms with Gasteiger partial charge in [0.15, 0.2) is 17.4 Å². The summed E-state index contributed by atoms with van der Waals surface area (Å²) in [6, 6.07) is 0. The fraction of sp³-hybridized carbons (Fsp3) is 0.500. The van der Waals surface area contributed by atoms with Gasteiger partial charge in [0.25, 0.3) is 5.56 Å². The van der Waals surface area contributed by atoms with Crippen LogP contribution in [-0.2, 0) is 22.7 Å². The summed E-state index contributed by atoms with van der Waals surface area (Å²) in [5, 5.41) is 20.3. The summed E-state index contributed by atoms with van der Waals surface area (Å²) in [4.78, 5) is 48.1. The second-order valence-corrected chi connectivity index (χ2v) is 8.49. The summed E-state index contributed by atoms with van der Waals surface area (Å²) in [6.07, 6.45) is -4.88. The number of phosphoric acid groups is 2. The number of phosphoric ester groups is 1. The largest absolute Gasteiger partial charge is 0.481 e.